The lowest BCUT2D eigenvalue weighted by atomic mass is 9.98. The first kappa shape index (κ1) is 16.1. The van der Waals surface area contributed by atoms with Crippen molar-refractivity contribution in [3.63, 3.8) is 0 Å². The Morgan fingerprint density at radius 2 is 0.724 bits per heavy atom. The molecule has 0 saturated heterocycles. The molecule has 136 valence electrons. The SMILES string of the molecule is c1ccc2c(-c3oc(-c4cccc5ccccc45)c4ccccc34)cccc2c1. The van der Waals surface area contributed by atoms with Crippen LogP contribution in [-0.2, 0) is 0 Å². The first-order valence-electron chi connectivity index (χ1n) is 9.88. The average Bonchev–Trinajstić information content (AvgIpc) is 3.18. The quantitative estimate of drug-likeness (QED) is 0.300. The fourth-order valence-electron chi connectivity index (χ4n) is 4.34. The molecule has 1 heterocycles. The van der Waals surface area contributed by atoms with Crippen LogP contribution in [0.15, 0.2) is 114 Å². The van der Waals surface area contributed by atoms with Gasteiger partial charge in [0.25, 0.3) is 0 Å². The van der Waals surface area contributed by atoms with Crippen molar-refractivity contribution in [2.45, 2.75) is 0 Å². The van der Waals surface area contributed by atoms with Crippen molar-refractivity contribution in [1.82, 2.24) is 0 Å². The molecule has 0 saturated carbocycles. The molecule has 0 aliphatic heterocycles. The molecule has 0 aliphatic rings. The monoisotopic (exact) mass is 370 g/mol. The van der Waals surface area contributed by atoms with E-state index in [1.165, 1.54) is 21.5 Å². The van der Waals surface area contributed by atoms with E-state index >= 15 is 0 Å². The van der Waals surface area contributed by atoms with Crippen LogP contribution >= 0.6 is 0 Å². The first-order chi connectivity index (χ1) is 14.4. The summed E-state index contributed by atoms with van der Waals surface area (Å²) in [5.41, 5.74) is 2.26. The normalized spacial score (nSPS) is 11.4. The van der Waals surface area contributed by atoms with Gasteiger partial charge in [-0.25, -0.2) is 0 Å². The average molecular weight is 370 g/mol. The van der Waals surface area contributed by atoms with Gasteiger partial charge in [-0.3, -0.25) is 0 Å². The van der Waals surface area contributed by atoms with E-state index in [1.54, 1.807) is 0 Å². The molecule has 29 heavy (non-hydrogen) atoms. The largest absolute Gasteiger partial charge is 0.455 e. The molecule has 1 heteroatoms. The topological polar surface area (TPSA) is 13.1 Å². The molecule has 5 aromatic carbocycles. The van der Waals surface area contributed by atoms with Crippen LogP contribution < -0.4 is 0 Å². The zero-order valence-electron chi connectivity index (χ0n) is 15.8. The van der Waals surface area contributed by atoms with Gasteiger partial charge < -0.3 is 4.42 Å². The summed E-state index contributed by atoms with van der Waals surface area (Å²) in [6, 6.07) is 38.2. The van der Waals surface area contributed by atoms with E-state index in [4.69, 9.17) is 4.42 Å². The van der Waals surface area contributed by atoms with E-state index in [0.29, 0.717) is 0 Å². The Bertz CT molecular complexity index is 1380. The maximum Gasteiger partial charge on any atom is 0.143 e. The standard InChI is InChI=1S/C28H18O/c1-3-13-21-19(9-1)11-7-17-23(21)27-25-15-5-6-16-26(25)28(29-27)24-18-8-12-20-10-2-4-14-22(20)24/h1-18H. The van der Waals surface area contributed by atoms with Crippen LogP contribution in [0, 0.1) is 0 Å². The van der Waals surface area contributed by atoms with Crippen LogP contribution in [0.4, 0.5) is 0 Å². The maximum atomic E-state index is 6.65. The van der Waals surface area contributed by atoms with E-state index in [2.05, 4.69) is 109 Å². The van der Waals surface area contributed by atoms with Crippen molar-refractivity contribution in [3.8, 4) is 22.6 Å². The Kier molecular flexibility index (Phi) is 3.54. The second-order valence-electron chi connectivity index (χ2n) is 7.36. The molecule has 1 nitrogen and oxygen atoms in total. The van der Waals surface area contributed by atoms with E-state index in [0.717, 1.165) is 33.4 Å². The number of rotatable bonds is 2. The molecule has 0 radical (unpaired) electrons. The van der Waals surface area contributed by atoms with Gasteiger partial charge in [-0.15, -0.1) is 0 Å². The minimum absolute atomic E-state index is 0.931. The zero-order chi connectivity index (χ0) is 19.2. The van der Waals surface area contributed by atoms with Gasteiger partial charge in [0.05, 0.1) is 0 Å². The van der Waals surface area contributed by atoms with Crippen molar-refractivity contribution in [1.29, 1.82) is 0 Å². The predicted molar refractivity (Wildman–Crippen MR) is 122 cm³/mol. The summed E-state index contributed by atoms with van der Waals surface area (Å²) in [5.74, 6) is 1.86. The van der Waals surface area contributed by atoms with Crippen LogP contribution in [0.3, 0.4) is 0 Å². The van der Waals surface area contributed by atoms with Crippen LogP contribution in [0.25, 0.3) is 55.0 Å². The molecule has 1 aromatic heterocycles. The summed E-state index contributed by atoms with van der Waals surface area (Å²) in [5, 5.41) is 7.14. The Morgan fingerprint density at radius 1 is 0.345 bits per heavy atom. The lowest BCUT2D eigenvalue weighted by Crippen LogP contribution is -1.80. The molecule has 6 rings (SSSR count). The maximum absolute atomic E-state index is 6.65. The third-order valence-corrected chi connectivity index (χ3v) is 5.69. The summed E-state index contributed by atoms with van der Waals surface area (Å²) in [4.78, 5) is 0. The van der Waals surface area contributed by atoms with Crippen LogP contribution in [0.5, 0.6) is 0 Å². The third-order valence-electron chi connectivity index (χ3n) is 5.69. The smallest absolute Gasteiger partial charge is 0.143 e. The second-order valence-corrected chi connectivity index (χ2v) is 7.36. The highest BCUT2D eigenvalue weighted by Gasteiger charge is 2.18. The molecule has 0 amide bonds. The first-order valence-corrected chi connectivity index (χ1v) is 9.88. The minimum Gasteiger partial charge on any atom is -0.455 e. The summed E-state index contributed by atoms with van der Waals surface area (Å²) >= 11 is 0. The molecule has 0 N–H and O–H groups in total. The Balaban J connectivity index is 1.71. The molecular weight excluding hydrogens is 352 g/mol. The molecule has 0 aliphatic carbocycles. The van der Waals surface area contributed by atoms with E-state index < -0.39 is 0 Å². The second kappa shape index (κ2) is 6.35. The summed E-state index contributed by atoms with van der Waals surface area (Å²) in [6.45, 7) is 0. The Labute approximate surface area is 168 Å². The number of benzene rings is 5. The van der Waals surface area contributed by atoms with Gasteiger partial charge in [0.15, 0.2) is 0 Å². The molecule has 0 atom stereocenters. The van der Waals surface area contributed by atoms with Gasteiger partial charge in [0.1, 0.15) is 11.5 Å². The zero-order valence-corrected chi connectivity index (χ0v) is 15.8. The number of hydrogen-bond donors (Lipinski definition) is 0. The highest BCUT2D eigenvalue weighted by atomic mass is 16.3. The van der Waals surface area contributed by atoms with Gasteiger partial charge in [-0.1, -0.05) is 109 Å². The van der Waals surface area contributed by atoms with Gasteiger partial charge in [-0.05, 0) is 21.5 Å². The van der Waals surface area contributed by atoms with Crippen molar-refractivity contribution < 1.29 is 4.42 Å². The predicted octanol–water partition coefficient (Wildman–Crippen LogP) is 8.07. The Hall–Kier alpha value is -3.84. The summed E-state index contributed by atoms with van der Waals surface area (Å²) in [6.07, 6.45) is 0. The fourth-order valence-corrected chi connectivity index (χ4v) is 4.34. The number of furan rings is 1. The van der Waals surface area contributed by atoms with Crippen LogP contribution in [0.1, 0.15) is 0 Å². The lowest BCUT2D eigenvalue weighted by Gasteiger charge is -2.06. The van der Waals surface area contributed by atoms with Crippen molar-refractivity contribution in [2.75, 3.05) is 0 Å². The lowest BCUT2D eigenvalue weighted by molar-refractivity contribution is 0.603. The molecule has 0 bridgehead atoms. The van der Waals surface area contributed by atoms with Crippen LogP contribution in [-0.4, -0.2) is 0 Å². The Morgan fingerprint density at radius 3 is 1.21 bits per heavy atom. The molecule has 6 aromatic rings. The van der Waals surface area contributed by atoms with Crippen LogP contribution in [0.2, 0.25) is 0 Å². The van der Waals surface area contributed by atoms with E-state index in [-0.39, 0.29) is 0 Å². The summed E-state index contributed by atoms with van der Waals surface area (Å²) < 4.78 is 6.65. The van der Waals surface area contributed by atoms with E-state index in [9.17, 15) is 0 Å². The highest BCUT2D eigenvalue weighted by molar-refractivity contribution is 6.10. The molecule has 0 spiro atoms. The van der Waals surface area contributed by atoms with Gasteiger partial charge >= 0.3 is 0 Å². The molecular formula is C28H18O. The minimum atomic E-state index is 0.931. The van der Waals surface area contributed by atoms with Crippen molar-refractivity contribution >= 4 is 32.3 Å². The van der Waals surface area contributed by atoms with E-state index in [1.807, 2.05) is 0 Å². The number of hydrogen-bond acceptors (Lipinski definition) is 1. The van der Waals surface area contributed by atoms with Crippen molar-refractivity contribution in [3.05, 3.63) is 109 Å². The number of fused-ring (bicyclic) bond motifs is 3. The molecule has 0 fully saturated rings. The fraction of sp³-hybridized carbons (Fsp3) is 0. The van der Waals surface area contributed by atoms with Gasteiger partial charge in [-0.2, -0.15) is 0 Å². The van der Waals surface area contributed by atoms with Crippen molar-refractivity contribution in [2.24, 2.45) is 0 Å². The molecule has 0 unspecified atom stereocenters. The van der Waals surface area contributed by atoms with Gasteiger partial charge in [0, 0.05) is 21.9 Å². The summed E-state index contributed by atoms with van der Waals surface area (Å²) in [7, 11) is 0. The third kappa shape index (κ3) is 2.48. The highest BCUT2D eigenvalue weighted by Crippen LogP contribution is 2.42. The van der Waals surface area contributed by atoms with Gasteiger partial charge in [0.2, 0.25) is 0 Å².